The Hall–Kier alpha value is -1.55. The summed E-state index contributed by atoms with van der Waals surface area (Å²) >= 11 is 0. The van der Waals surface area contributed by atoms with Crippen LogP contribution in [0.25, 0.3) is 0 Å². The molecule has 4 nitrogen and oxygen atoms in total. The average Bonchev–Trinajstić information content (AvgIpc) is 2.76. The number of aromatic nitrogens is 2. The van der Waals surface area contributed by atoms with E-state index in [1.54, 1.807) is 16.9 Å². The smallest absolute Gasteiger partial charge is 0.129 e. The van der Waals surface area contributed by atoms with Crippen molar-refractivity contribution in [3.05, 3.63) is 41.6 Å². The minimum absolute atomic E-state index is 0.0574. The van der Waals surface area contributed by atoms with Crippen molar-refractivity contribution in [2.45, 2.75) is 20.1 Å². The van der Waals surface area contributed by atoms with Crippen molar-refractivity contribution in [1.82, 2.24) is 9.78 Å². The monoisotopic (exact) mass is 192 g/mol. The summed E-state index contributed by atoms with van der Waals surface area (Å²) in [5.74, 6) is 1.39. The van der Waals surface area contributed by atoms with E-state index in [1.807, 2.05) is 19.2 Å². The van der Waals surface area contributed by atoms with Gasteiger partial charge in [0, 0.05) is 6.20 Å². The fourth-order valence-electron chi connectivity index (χ4n) is 1.31. The van der Waals surface area contributed by atoms with Crippen molar-refractivity contribution in [1.29, 1.82) is 0 Å². The Morgan fingerprint density at radius 1 is 1.43 bits per heavy atom. The lowest BCUT2D eigenvalue weighted by molar-refractivity contribution is 0.242. The molecule has 0 aliphatic rings. The standard InChI is InChI=1S/C10H12N2O2/c1-8-4-11-12(5-8)6-9-2-3-10(7-13)14-9/h2-5,13H,6-7H2,1H3. The third kappa shape index (κ3) is 1.85. The average molecular weight is 192 g/mol. The van der Waals surface area contributed by atoms with Crippen LogP contribution in [0.2, 0.25) is 0 Å². The lowest BCUT2D eigenvalue weighted by Crippen LogP contribution is -1.98. The van der Waals surface area contributed by atoms with Crippen molar-refractivity contribution in [3.63, 3.8) is 0 Å². The van der Waals surface area contributed by atoms with Crippen LogP contribution in [0.4, 0.5) is 0 Å². The largest absolute Gasteiger partial charge is 0.462 e. The molecule has 0 aliphatic heterocycles. The van der Waals surface area contributed by atoms with Gasteiger partial charge in [0.05, 0.1) is 12.7 Å². The molecule has 0 saturated heterocycles. The highest BCUT2D eigenvalue weighted by Crippen LogP contribution is 2.09. The van der Waals surface area contributed by atoms with E-state index in [4.69, 9.17) is 9.52 Å². The Kier molecular flexibility index (Phi) is 2.37. The molecule has 0 amide bonds. The van der Waals surface area contributed by atoms with Gasteiger partial charge in [0.25, 0.3) is 0 Å². The number of nitrogens with zero attached hydrogens (tertiary/aromatic N) is 2. The van der Waals surface area contributed by atoms with Crippen molar-refractivity contribution >= 4 is 0 Å². The molecule has 0 unspecified atom stereocenters. The second kappa shape index (κ2) is 3.67. The minimum atomic E-state index is -0.0574. The van der Waals surface area contributed by atoms with Crippen LogP contribution in [0.15, 0.2) is 28.9 Å². The summed E-state index contributed by atoms with van der Waals surface area (Å²) in [6, 6.07) is 3.62. The molecule has 0 fully saturated rings. The SMILES string of the molecule is Cc1cnn(Cc2ccc(CO)o2)c1. The topological polar surface area (TPSA) is 51.2 Å². The van der Waals surface area contributed by atoms with E-state index < -0.39 is 0 Å². The normalized spacial score (nSPS) is 10.7. The van der Waals surface area contributed by atoms with E-state index in [0.29, 0.717) is 12.3 Å². The Morgan fingerprint density at radius 2 is 2.21 bits per heavy atom. The van der Waals surface area contributed by atoms with Crippen molar-refractivity contribution in [2.75, 3.05) is 0 Å². The van der Waals surface area contributed by atoms with E-state index in [-0.39, 0.29) is 6.61 Å². The van der Waals surface area contributed by atoms with E-state index >= 15 is 0 Å². The number of aliphatic hydroxyl groups excluding tert-OH is 1. The second-order valence-corrected chi connectivity index (χ2v) is 3.24. The fraction of sp³-hybridized carbons (Fsp3) is 0.300. The first-order valence-corrected chi connectivity index (χ1v) is 4.45. The first-order chi connectivity index (χ1) is 6.78. The number of aliphatic hydroxyl groups is 1. The zero-order valence-corrected chi connectivity index (χ0v) is 7.97. The van der Waals surface area contributed by atoms with Gasteiger partial charge in [-0.1, -0.05) is 0 Å². The minimum Gasteiger partial charge on any atom is -0.462 e. The molecule has 2 rings (SSSR count). The predicted molar refractivity (Wildman–Crippen MR) is 50.7 cm³/mol. The molecule has 0 aromatic carbocycles. The number of hydrogen-bond donors (Lipinski definition) is 1. The quantitative estimate of drug-likeness (QED) is 0.798. The lowest BCUT2D eigenvalue weighted by Gasteiger charge is -1.96. The molecule has 4 heteroatoms. The highest BCUT2D eigenvalue weighted by Gasteiger charge is 2.02. The van der Waals surface area contributed by atoms with Gasteiger partial charge in [0.15, 0.2) is 0 Å². The van der Waals surface area contributed by atoms with Crippen LogP contribution in [0.5, 0.6) is 0 Å². The summed E-state index contributed by atoms with van der Waals surface area (Å²) in [6.45, 7) is 2.54. The molecule has 2 aromatic heterocycles. The number of rotatable bonds is 3. The summed E-state index contributed by atoms with van der Waals surface area (Å²) in [5, 5.41) is 12.9. The van der Waals surface area contributed by atoms with Gasteiger partial charge >= 0.3 is 0 Å². The first kappa shape index (κ1) is 9.02. The molecule has 0 spiro atoms. The Labute approximate surface area is 81.8 Å². The lowest BCUT2D eigenvalue weighted by atomic mass is 10.4. The zero-order valence-electron chi connectivity index (χ0n) is 7.97. The Morgan fingerprint density at radius 3 is 2.79 bits per heavy atom. The molecule has 74 valence electrons. The van der Waals surface area contributed by atoms with Crippen LogP contribution in [0.1, 0.15) is 17.1 Å². The van der Waals surface area contributed by atoms with Gasteiger partial charge in [-0.05, 0) is 24.6 Å². The second-order valence-electron chi connectivity index (χ2n) is 3.24. The highest BCUT2D eigenvalue weighted by atomic mass is 16.4. The molecule has 0 radical (unpaired) electrons. The maximum absolute atomic E-state index is 8.80. The van der Waals surface area contributed by atoms with Gasteiger partial charge in [-0.3, -0.25) is 4.68 Å². The molecule has 0 saturated carbocycles. The molecule has 1 N–H and O–H groups in total. The number of furan rings is 1. The van der Waals surface area contributed by atoms with E-state index in [1.165, 1.54) is 0 Å². The fourth-order valence-corrected chi connectivity index (χ4v) is 1.31. The van der Waals surface area contributed by atoms with Gasteiger partial charge in [0.2, 0.25) is 0 Å². The van der Waals surface area contributed by atoms with E-state index in [9.17, 15) is 0 Å². The third-order valence-electron chi connectivity index (χ3n) is 1.95. The summed E-state index contributed by atoms with van der Waals surface area (Å²) in [4.78, 5) is 0. The maximum Gasteiger partial charge on any atom is 0.129 e. The van der Waals surface area contributed by atoms with Crippen molar-refractivity contribution < 1.29 is 9.52 Å². The molecule has 2 heterocycles. The zero-order chi connectivity index (χ0) is 9.97. The molecule has 0 bridgehead atoms. The predicted octanol–water partition coefficient (Wildman–Crippen LogP) is 1.33. The van der Waals surface area contributed by atoms with Crippen LogP contribution in [0.3, 0.4) is 0 Å². The molecule has 14 heavy (non-hydrogen) atoms. The van der Waals surface area contributed by atoms with Gasteiger partial charge in [-0.25, -0.2) is 0 Å². The van der Waals surface area contributed by atoms with E-state index in [0.717, 1.165) is 11.3 Å². The van der Waals surface area contributed by atoms with Crippen molar-refractivity contribution in [2.24, 2.45) is 0 Å². The van der Waals surface area contributed by atoms with Crippen molar-refractivity contribution in [3.8, 4) is 0 Å². The van der Waals surface area contributed by atoms with Crippen LogP contribution in [-0.2, 0) is 13.2 Å². The summed E-state index contributed by atoms with van der Waals surface area (Å²) in [7, 11) is 0. The first-order valence-electron chi connectivity index (χ1n) is 4.45. The van der Waals surface area contributed by atoms with Crippen LogP contribution < -0.4 is 0 Å². The Bertz CT molecular complexity index is 417. The van der Waals surface area contributed by atoms with Gasteiger partial charge in [-0.15, -0.1) is 0 Å². The molecule has 0 atom stereocenters. The molecule has 2 aromatic rings. The van der Waals surface area contributed by atoms with E-state index in [2.05, 4.69) is 5.10 Å². The maximum atomic E-state index is 8.80. The number of hydrogen-bond acceptors (Lipinski definition) is 3. The van der Waals surface area contributed by atoms with Crippen LogP contribution in [0, 0.1) is 6.92 Å². The number of aryl methyl sites for hydroxylation is 1. The summed E-state index contributed by atoms with van der Waals surface area (Å²) in [5.41, 5.74) is 1.12. The highest BCUT2D eigenvalue weighted by molar-refractivity contribution is 5.08. The van der Waals surface area contributed by atoms with Gasteiger partial charge in [0.1, 0.15) is 18.1 Å². The Balaban J connectivity index is 2.10. The third-order valence-corrected chi connectivity index (χ3v) is 1.95. The van der Waals surface area contributed by atoms with Gasteiger partial charge < -0.3 is 9.52 Å². The van der Waals surface area contributed by atoms with Gasteiger partial charge in [-0.2, -0.15) is 5.10 Å². The summed E-state index contributed by atoms with van der Waals surface area (Å²) < 4.78 is 7.14. The molecular formula is C10H12N2O2. The molecule has 0 aliphatic carbocycles. The molecular weight excluding hydrogens is 180 g/mol. The van der Waals surface area contributed by atoms with Crippen LogP contribution >= 0.6 is 0 Å². The summed E-state index contributed by atoms with van der Waals surface area (Å²) in [6.07, 6.45) is 3.75. The van der Waals surface area contributed by atoms with Crippen LogP contribution in [-0.4, -0.2) is 14.9 Å².